The van der Waals surface area contributed by atoms with Crippen LogP contribution >= 0.6 is 7.82 Å². The second-order valence-corrected chi connectivity index (χ2v) is 17.8. The molecular formula is C38H51O6P. The Balaban J connectivity index is 1.89. The highest BCUT2D eigenvalue weighted by Crippen LogP contribution is 2.57. The fraction of sp³-hybridized carbons (Fsp3) is 0.500. The lowest BCUT2D eigenvalue weighted by Gasteiger charge is -2.34. The van der Waals surface area contributed by atoms with Crippen molar-refractivity contribution in [1.82, 2.24) is 0 Å². The van der Waals surface area contributed by atoms with E-state index < -0.39 is 20.4 Å². The second-order valence-electron chi connectivity index (χ2n) is 16.3. The molecule has 0 unspecified atom stereocenters. The quantitative estimate of drug-likeness (QED) is 0.205. The number of esters is 1. The highest BCUT2D eigenvalue weighted by atomic mass is 31.2. The van der Waals surface area contributed by atoms with Crippen molar-refractivity contribution in [1.29, 1.82) is 0 Å². The topological polar surface area (TPSA) is 71.1 Å². The van der Waals surface area contributed by atoms with E-state index in [-0.39, 0.29) is 28.3 Å². The number of carbonyl (C=O) groups excluding carboxylic acids is 1. The Bertz CT molecular complexity index is 1510. The highest BCUT2D eigenvalue weighted by molar-refractivity contribution is 7.49. The number of carbonyl (C=O) groups is 1. The molecule has 0 fully saturated rings. The number of phosphoric ester groups is 1. The zero-order valence-electron chi connectivity index (χ0n) is 29.2. The molecule has 1 aliphatic rings. The van der Waals surface area contributed by atoms with Gasteiger partial charge in [-0.3, -0.25) is 4.52 Å². The van der Waals surface area contributed by atoms with Gasteiger partial charge < -0.3 is 13.8 Å². The molecule has 4 rings (SSSR count). The molecule has 0 N–H and O–H groups in total. The zero-order chi connectivity index (χ0) is 33.6. The molecule has 0 aliphatic carbocycles. The first-order valence-electron chi connectivity index (χ1n) is 15.8. The normalized spacial score (nSPS) is 15.1. The predicted molar refractivity (Wildman–Crippen MR) is 182 cm³/mol. The van der Waals surface area contributed by atoms with Gasteiger partial charge in [-0.15, -0.1) is 0 Å². The number of benzene rings is 3. The average Bonchev–Trinajstić information content (AvgIpc) is 2.89. The van der Waals surface area contributed by atoms with Crippen molar-refractivity contribution in [2.75, 3.05) is 6.61 Å². The number of rotatable bonds is 5. The van der Waals surface area contributed by atoms with Gasteiger partial charge in [-0.2, -0.15) is 0 Å². The highest BCUT2D eigenvalue weighted by Gasteiger charge is 2.41. The largest absolute Gasteiger partial charge is 0.588 e. The molecule has 3 aromatic rings. The predicted octanol–water partition coefficient (Wildman–Crippen LogP) is 10.1. The summed E-state index contributed by atoms with van der Waals surface area (Å²) in [6.07, 6.45) is 0.518. The van der Waals surface area contributed by atoms with Gasteiger partial charge in [-0.25, -0.2) is 9.36 Å². The molecule has 0 saturated heterocycles. The van der Waals surface area contributed by atoms with E-state index in [2.05, 4.69) is 107 Å². The summed E-state index contributed by atoms with van der Waals surface area (Å²) >= 11 is 0. The van der Waals surface area contributed by atoms with Gasteiger partial charge in [-0.1, -0.05) is 138 Å². The Labute approximate surface area is 270 Å². The third-order valence-corrected chi connectivity index (χ3v) is 9.31. The molecule has 7 heteroatoms. The molecule has 45 heavy (non-hydrogen) atoms. The lowest BCUT2D eigenvalue weighted by Crippen LogP contribution is -2.24. The number of phosphoric acid groups is 1. The molecule has 244 valence electrons. The Morgan fingerprint density at radius 3 is 1.53 bits per heavy atom. The van der Waals surface area contributed by atoms with Crippen LogP contribution in [0.25, 0.3) is 0 Å². The van der Waals surface area contributed by atoms with Gasteiger partial charge in [0.2, 0.25) is 0 Å². The van der Waals surface area contributed by atoms with E-state index in [1.54, 1.807) is 0 Å². The summed E-state index contributed by atoms with van der Waals surface area (Å²) in [7, 11) is -4.40. The van der Waals surface area contributed by atoms with Crippen LogP contribution in [0.4, 0.5) is 0 Å². The minimum Gasteiger partial charge on any atom is -0.459 e. The van der Waals surface area contributed by atoms with E-state index in [0.29, 0.717) is 17.9 Å². The van der Waals surface area contributed by atoms with Crippen LogP contribution in [0.15, 0.2) is 54.6 Å². The van der Waals surface area contributed by atoms with Gasteiger partial charge in [0.15, 0.2) is 6.61 Å². The van der Waals surface area contributed by atoms with Crippen LogP contribution in [0.2, 0.25) is 0 Å². The maximum Gasteiger partial charge on any atom is 0.588 e. The van der Waals surface area contributed by atoms with E-state index in [1.165, 1.54) is 0 Å². The fourth-order valence-corrected chi connectivity index (χ4v) is 6.53. The van der Waals surface area contributed by atoms with Crippen molar-refractivity contribution in [3.8, 4) is 11.5 Å². The third-order valence-electron chi connectivity index (χ3n) is 8.05. The number of hydrogen-bond donors (Lipinski definition) is 0. The van der Waals surface area contributed by atoms with Crippen LogP contribution in [-0.4, -0.2) is 12.6 Å². The Morgan fingerprint density at radius 2 is 1.13 bits per heavy atom. The summed E-state index contributed by atoms with van der Waals surface area (Å²) in [5, 5.41) is 0. The van der Waals surface area contributed by atoms with Gasteiger partial charge >= 0.3 is 13.8 Å². The molecule has 0 bridgehead atoms. The second kappa shape index (κ2) is 12.3. The number of fused-ring (bicyclic) bond motifs is 2. The van der Waals surface area contributed by atoms with E-state index in [9.17, 15) is 9.36 Å². The Kier molecular flexibility index (Phi) is 9.48. The average molecular weight is 635 g/mol. The molecule has 0 spiro atoms. The molecule has 0 saturated carbocycles. The summed E-state index contributed by atoms with van der Waals surface area (Å²) in [4.78, 5) is 12.8. The van der Waals surface area contributed by atoms with Crippen LogP contribution < -0.4 is 9.05 Å². The van der Waals surface area contributed by atoms with Crippen LogP contribution in [0.5, 0.6) is 11.5 Å². The molecular weight excluding hydrogens is 583 g/mol. The maximum atomic E-state index is 14.8. The molecule has 0 radical (unpaired) electrons. The monoisotopic (exact) mass is 634 g/mol. The van der Waals surface area contributed by atoms with Crippen LogP contribution in [0, 0.1) is 0 Å². The van der Waals surface area contributed by atoms with Gasteiger partial charge in [-0.05, 0) is 49.5 Å². The van der Waals surface area contributed by atoms with Gasteiger partial charge in [0.05, 0.1) is 0 Å². The SMILES string of the molecule is CC(C)(C)c1cc2c(c(C(C)(C)C)c1)OP(=O)(OCC(=O)OCc1ccccc1)Oc1c(cc(C(C)(C)C)cc1C(C)(C)C)C2. The van der Waals surface area contributed by atoms with Crippen molar-refractivity contribution < 1.29 is 27.7 Å². The van der Waals surface area contributed by atoms with E-state index in [0.717, 1.165) is 38.9 Å². The van der Waals surface area contributed by atoms with E-state index >= 15 is 0 Å². The van der Waals surface area contributed by atoms with Crippen molar-refractivity contribution in [2.24, 2.45) is 0 Å². The van der Waals surface area contributed by atoms with Crippen molar-refractivity contribution in [3.63, 3.8) is 0 Å². The van der Waals surface area contributed by atoms with Gasteiger partial charge in [0, 0.05) is 17.5 Å². The number of ether oxygens (including phenoxy) is 1. The lowest BCUT2D eigenvalue weighted by molar-refractivity contribution is -0.147. The smallest absolute Gasteiger partial charge is 0.459 e. The Morgan fingerprint density at radius 1 is 0.689 bits per heavy atom. The first kappa shape index (κ1) is 34.8. The van der Waals surface area contributed by atoms with Gasteiger partial charge in [0.25, 0.3) is 0 Å². The molecule has 0 atom stereocenters. The summed E-state index contributed by atoms with van der Waals surface area (Å²) in [5.41, 5.74) is 5.78. The summed E-state index contributed by atoms with van der Waals surface area (Å²) in [6, 6.07) is 17.9. The van der Waals surface area contributed by atoms with Crippen LogP contribution in [-0.2, 0) is 53.3 Å². The van der Waals surface area contributed by atoms with Crippen molar-refractivity contribution in [2.45, 2.75) is 118 Å². The molecule has 1 heterocycles. The first-order chi connectivity index (χ1) is 20.6. The standard InChI is InChI=1S/C38H51O6P/c1-35(2,3)28-19-26-18-27-20-29(36(4,5)6)22-31(38(10,11)12)34(27)44-45(40,43-33(26)30(21-28)37(7,8)9)42-24-32(39)41-23-25-16-14-13-15-17-25/h13-17,19-22H,18,23-24H2,1-12H3. The molecule has 6 nitrogen and oxygen atoms in total. The molecule has 1 aliphatic heterocycles. The maximum absolute atomic E-state index is 14.8. The van der Waals surface area contributed by atoms with Crippen molar-refractivity contribution >= 4 is 13.8 Å². The summed E-state index contributed by atoms with van der Waals surface area (Å²) in [5.74, 6) is 0.281. The fourth-order valence-electron chi connectivity index (χ4n) is 5.25. The van der Waals surface area contributed by atoms with Crippen LogP contribution in [0.1, 0.15) is 122 Å². The minimum atomic E-state index is -4.40. The third kappa shape index (κ3) is 8.40. The minimum absolute atomic E-state index is 0.0776. The zero-order valence-corrected chi connectivity index (χ0v) is 30.1. The summed E-state index contributed by atoms with van der Waals surface area (Å²) in [6.45, 7) is 25.2. The van der Waals surface area contributed by atoms with Crippen molar-refractivity contribution in [3.05, 3.63) is 93.5 Å². The molecule has 0 aromatic heterocycles. The van der Waals surface area contributed by atoms with E-state index in [4.69, 9.17) is 18.3 Å². The van der Waals surface area contributed by atoms with Gasteiger partial charge in [0.1, 0.15) is 18.1 Å². The number of hydrogen-bond acceptors (Lipinski definition) is 6. The summed E-state index contributed by atoms with van der Waals surface area (Å²) < 4.78 is 38.8. The lowest BCUT2D eigenvalue weighted by atomic mass is 9.76. The molecule has 3 aromatic carbocycles. The molecule has 0 amide bonds. The van der Waals surface area contributed by atoms with E-state index in [1.807, 2.05) is 30.3 Å². The van der Waals surface area contributed by atoms with Crippen LogP contribution in [0.3, 0.4) is 0 Å². The first-order valence-corrected chi connectivity index (χ1v) is 17.2. The Hall–Kier alpha value is -3.08.